The predicted molar refractivity (Wildman–Crippen MR) is 114 cm³/mol. The monoisotopic (exact) mass is 431 g/mol. The van der Waals surface area contributed by atoms with Crippen LogP contribution in [0.25, 0.3) is 11.0 Å². The first-order chi connectivity index (χ1) is 14.4. The second-order valence-electron chi connectivity index (χ2n) is 6.97. The number of imidazole rings is 1. The van der Waals surface area contributed by atoms with Crippen molar-refractivity contribution in [3.8, 4) is 5.75 Å². The molecule has 0 amide bonds. The van der Waals surface area contributed by atoms with Gasteiger partial charge in [0.15, 0.2) is 5.75 Å². The summed E-state index contributed by atoms with van der Waals surface area (Å²) in [4.78, 5) is 35.7. The maximum Gasteiger partial charge on any atom is 0.329 e. The molecule has 9 heteroatoms. The van der Waals surface area contributed by atoms with Crippen LogP contribution < -0.4 is 16.2 Å². The maximum absolute atomic E-state index is 13.4. The van der Waals surface area contributed by atoms with Crippen LogP contribution >= 0.6 is 11.6 Å². The van der Waals surface area contributed by atoms with E-state index in [1.54, 1.807) is 30.3 Å². The van der Waals surface area contributed by atoms with Crippen molar-refractivity contribution >= 4 is 40.8 Å². The summed E-state index contributed by atoms with van der Waals surface area (Å²) in [7, 11) is 0. The fraction of sp³-hybridized carbons (Fsp3) is 0.286. The van der Waals surface area contributed by atoms with Gasteiger partial charge < -0.3 is 15.6 Å². The molecule has 1 atom stereocenters. The molecule has 30 heavy (non-hydrogen) atoms. The van der Waals surface area contributed by atoms with Crippen molar-refractivity contribution in [3.05, 3.63) is 57.5 Å². The first-order valence-electron chi connectivity index (χ1n) is 9.47. The average molecular weight is 432 g/mol. The van der Waals surface area contributed by atoms with Crippen LogP contribution in [0.4, 0.5) is 5.69 Å². The van der Waals surface area contributed by atoms with Crippen molar-refractivity contribution in [2.24, 2.45) is 0 Å². The largest absolute Gasteiger partial charge is 0.481 e. The lowest BCUT2D eigenvalue weighted by Crippen LogP contribution is -2.29. The van der Waals surface area contributed by atoms with Crippen molar-refractivity contribution in [3.63, 3.8) is 0 Å². The van der Waals surface area contributed by atoms with E-state index in [1.165, 1.54) is 15.2 Å². The molecule has 2 aromatic carbocycles. The van der Waals surface area contributed by atoms with Crippen molar-refractivity contribution in [2.75, 3.05) is 5.73 Å². The van der Waals surface area contributed by atoms with E-state index in [2.05, 4.69) is 0 Å². The number of carboxylic acid groups (broad SMARTS) is 1. The van der Waals surface area contributed by atoms with Crippen molar-refractivity contribution < 1.29 is 19.4 Å². The van der Waals surface area contributed by atoms with Gasteiger partial charge >= 0.3 is 11.7 Å². The van der Waals surface area contributed by atoms with Crippen molar-refractivity contribution in [2.45, 2.75) is 38.8 Å². The summed E-state index contributed by atoms with van der Waals surface area (Å²) in [5, 5.41) is 9.67. The third-order valence-corrected chi connectivity index (χ3v) is 5.14. The summed E-state index contributed by atoms with van der Waals surface area (Å²) in [6.07, 6.45) is 1.11. The number of halogens is 1. The number of carbonyl (C=O) groups excluding carboxylic acids is 1. The van der Waals surface area contributed by atoms with Crippen LogP contribution in [0.3, 0.4) is 0 Å². The minimum Gasteiger partial charge on any atom is -0.481 e. The molecule has 0 bridgehead atoms. The van der Waals surface area contributed by atoms with Gasteiger partial charge in [0.1, 0.15) is 0 Å². The molecule has 158 valence electrons. The Balaban J connectivity index is 2.20. The molecule has 1 unspecified atom stereocenters. The number of aromatic nitrogens is 2. The fourth-order valence-electron chi connectivity index (χ4n) is 3.75. The molecule has 3 rings (SSSR count). The molecule has 0 saturated heterocycles. The van der Waals surface area contributed by atoms with Gasteiger partial charge in [0.25, 0.3) is 6.47 Å². The summed E-state index contributed by atoms with van der Waals surface area (Å²) in [6, 6.07) is 9.71. The van der Waals surface area contributed by atoms with Crippen LogP contribution in [-0.4, -0.2) is 26.7 Å². The normalized spacial score (nSPS) is 12.1. The lowest BCUT2D eigenvalue weighted by atomic mass is 10.1. The van der Waals surface area contributed by atoms with Crippen molar-refractivity contribution in [1.82, 2.24) is 9.13 Å². The van der Waals surface area contributed by atoms with Crippen molar-refractivity contribution in [1.29, 1.82) is 0 Å². The van der Waals surface area contributed by atoms with E-state index >= 15 is 0 Å². The molecule has 0 fully saturated rings. The Bertz CT molecular complexity index is 1150. The third-order valence-electron chi connectivity index (χ3n) is 4.92. The summed E-state index contributed by atoms with van der Waals surface area (Å²) in [6.45, 7) is 2.25. The minimum atomic E-state index is -0.971. The predicted octanol–water partition coefficient (Wildman–Crippen LogP) is 3.44. The minimum absolute atomic E-state index is 0.0478. The Labute approximate surface area is 177 Å². The van der Waals surface area contributed by atoms with E-state index < -0.39 is 12.0 Å². The molecule has 3 N–H and O–H groups in total. The molecule has 0 aliphatic heterocycles. The zero-order chi connectivity index (χ0) is 21.8. The van der Waals surface area contributed by atoms with Gasteiger partial charge in [0.2, 0.25) is 0 Å². The lowest BCUT2D eigenvalue weighted by Gasteiger charge is -2.16. The van der Waals surface area contributed by atoms with E-state index in [1.807, 2.05) is 6.92 Å². The van der Waals surface area contributed by atoms with Crippen LogP contribution in [0.5, 0.6) is 5.75 Å². The third kappa shape index (κ3) is 4.18. The number of benzene rings is 2. The van der Waals surface area contributed by atoms with Crippen LogP contribution in [0.15, 0.2) is 41.2 Å². The number of aliphatic carboxylic acids is 1. The topological polar surface area (TPSA) is 117 Å². The number of nitrogen functional groups attached to an aromatic ring is 1. The molecule has 1 heterocycles. The second kappa shape index (κ2) is 9.04. The molecular formula is C21H22ClN3O5. The average Bonchev–Trinajstić information content (AvgIpc) is 2.95. The molecule has 0 spiro atoms. The van der Waals surface area contributed by atoms with Gasteiger partial charge in [-0.25, -0.2) is 4.79 Å². The number of ether oxygens (including phenoxy) is 1. The number of anilines is 1. The Morgan fingerprint density at radius 2 is 2.00 bits per heavy atom. The molecule has 1 aromatic heterocycles. The first kappa shape index (κ1) is 21.4. The highest BCUT2D eigenvalue weighted by Crippen LogP contribution is 2.32. The Kier molecular flexibility index (Phi) is 6.47. The molecule has 0 aliphatic carbocycles. The molecule has 0 radical (unpaired) electrons. The summed E-state index contributed by atoms with van der Waals surface area (Å²) < 4.78 is 8.06. The van der Waals surface area contributed by atoms with Gasteiger partial charge in [-0.2, -0.15) is 0 Å². The van der Waals surface area contributed by atoms with Gasteiger partial charge in [-0.05, 0) is 30.7 Å². The highest BCUT2D eigenvalue weighted by Gasteiger charge is 2.23. The van der Waals surface area contributed by atoms with E-state index in [-0.39, 0.29) is 36.6 Å². The van der Waals surface area contributed by atoms with Gasteiger partial charge in [-0.3, -0.25) is 18.7 Å². The Hall–Kier alpha value is -3.26. The van der Waals surface area contributed by atoms with Crippen LogP contribution in [0, 0.1) is 0 Å². The summed E-state index contributed by atoms with van der Waals surface area (Å²) >= 11 is 6.12. The first-order valence-corrected chi connectivity index (χ1v) is 9.84. The van der Waals surface area contributed by atoms with Gasteiger partial charge in [-0.15, -0.1) is 0 Å². The number of carboxylic acids is 1. The van der Waals surface area contributed by atoms with Crippen LogP contribution in [0.2, 0.25) is 5.02 Å². The quantitative estimate of drug-likeness (QED) is 0.396. The number of hydrogen-bond acceptors (Lipinski definition) is 5. The lowest BCUT2D eigenvalue weighted by molar-refractivity contribution is -0.138. The fourth-order valence-corrected chi connectivity index (χ4v) is 4.00. The highest BCUT2D eigenvalue weighted by atomic mass is 35.5. The van der Waals surface area contributed by atoms with Crippen LogP contribution in [0.1, 0.15) is 37.8 Å². The van der Waals surface area contributed by atoms with E-state index in [0.717, 1.165) is 6.42 Å². The van der Waals surface area contributed by atoms with E-state index in [9.17, 15) is 19.5 Å². The number of para-hydroxylation sites is 2. The second-order valence-corrected chi connectivity index (χ2v) is 7.40. The zero-order valence-electron chi connectivity index (χ0n) is 16.4. The number of nitrogens with two attached hydrogens (primary N) is 1. The number of carbonyl (C=O) groups is 2. The molecular weight excluding hydrogens is 410 g/mol. The smallest absolute Gasteiger partial charge is 0.329 e. The van der Waals surface area contributed by atoms with Gasteiger partial charge in [-0.1, -0.05) is 37.1 Å². The SMILES string of the molecule is CCCC(CC(=O)O)n1c(=O)n(Cc2cc(Cl)cc(N)c2OC=O)c2ccccc21. The van der Waals surface area contributed by atoms with Crippen LogP contribution in [-0.2, 0) is 16.1 Å². The zero-order valence-corrected chi connectivity index (χ0v) is 17.1. The molecule has 0 aliphatic rings. The Morgan fingerprint density at radius 3 is 2.63 bits per heavy atom. The standard InChI is InChI=1S/C21H22ClN3O5/c1-2-5-15(10-19(27)28)25-18-7-4-3-6-17(18)24(21(25)29)11-13-8-14(22)9-16(23)20(13)30-12-26/h3-4,6-9,12,15H,2,5,10-11,23H2,1H3,(H,27,28). The van der Waals surface area contributed by atoms with Gasteiger partial charge in [0, 0.05) is 16.6 Å². The van der Waals surface area contributed by atoms with Gasteiger partial charge in [0.05, 0.1) is 29.7 Å². The molecule has 0 saturated carbocycles. The number of rotatable bonds is 9. The summed E-state index contributed by atoms with van der Waals surface area (Å²) in [5.74, 6) is -0.838. The molecule has 3 aromatic rings. The number of fused-ring (bicyclic) bond motifs is 1. The molecule has 8 nitrogen and oxygen atoms in total. The van der Waals surface area contributed by atoms with E-state index in [0.29, 0.717) is 28.0 Å². The Morgan fingerprint density at radius 1 is 1.30 bits per heavy atom. The number of hydrogen-bond donors (Lipinski definition) is 2. The number of nitrogens with zero attached hydrogens (tertiary/aromatic N) is 2. The highest BCUT2D eigenvalue weighted by molar-refractivity contribution is 6.31. The maximum atomic E-state index is 13.4. The summed E-state index contributed by atoms with van der Waals surface area (Å²) in [5.41, 5.74) is 7.48. The van der Waals surface area contributed by atoms with E-state index in [4.69, 9.17) is 22.1 Å².